The maximum atomic E-state index is 2.52. The lowest BCUT2D eigenvalue weighted by Gasteiger charge is -2.38. The van der Waals surface area contributed by atoms with Gasteiger partial charge in [0.25, 0.3) is 0 Å². The van der Waals surface area contributed by atoms with E-state index in [-0.39, 0.29) is 0 Å². The van der Waals surface area contributed by atoms with Crippen LogP contribution in [0.1, 0.15) is 44.5 Å². The maximum Gasteiger partial charge on any atom is 0.0734 e. The topological polar surface area (TPSA) is 9.72 Å². The lowest BCUT2D eigenvalue weighted by atomic mass is 9.67. The van der Waals surface area contributed by atoms with Crippen molar-refractivity contribution in [3.05, 3.63) is 390 Å². The van der Waals surface area contributed by atoms with Crippen molar-refractivity contribution in [2.24, 2.45) is 0 Å². The van der Waals surface area contributed by atoms with E-state index >= 15 is 0 Å². The molecule has 0 spiro atoms. The quantitative estimate of drug-likeness (QED) is 0.114. The lowest BCUT2D eigenvalue weighted by Crippen LogP contribution is -2.30. The van der Waals surface area contributed by atoms with Crippen LogP contribution in [-0.4, -0.2) is 0 Å². The summed E-state index contributed by atoms with van der Waals surface area (Å²) in [5, 5.41) is 0. The van der Waals surface area contributed by atoms with Crippen molar-refractivity contribution in [1.82, 2.24) is 0 Å². The molecule has 13 aromatic rings. The normalized spacial score (nSPS) is 13.0. The van der Waals surface area contributed by atoms with E-state index in [9.17, 15) is 0 Å². The van der Waals surface area contributed by atoms with Gasteiger partial charge in [0.1, 0.15) is 0 Å². The molecule has 0 bridgehead atoms. The molecule has 15 rings (SSSR count). The van der Waals surface area contributed by atoms with Crippen molar-refractivity contribution >= 4 is 51.2 Å². The van der Waals surface area contributed by atoms with E-state index in [1.807, 2.05) is 0 Å². The molecule has 0 aliphatic heterocycles. The molecular formula is C80H57N3. The van der Waals surface area contributed by atoms with Crippen LogP contribution in [0, 0.1) is 0 Å². The van der Waals surface area contributed by atoms with Gasteiger partial charge in [-0.15, -0.1) is 0 Å². The largest absolute Gasteiger partial charge is 0.310 e. The molecule has 2 aliphatic rings. The highest BCUT2D eigenvalue weighted by molar-refractivity contribution is 5.96. The van der Waals surface area contributed by atoms with Crippen LogP contribution in [-0.2, 0) is 10.8 Å². The number of rotatable bonds is 13. The number of fused-ring (bicyclic) bond motifs is 6. The summed E-state index contributed by atoms with van der Waals surface area (Å²) in [4.78, 5) is 7.32. The molecule has 392 valence electrons. The van der Waals surface area contributed by atoms with Crippen LogP contribution in [0.4, 0.5) is 51.2 Å². The Morgan fingerprint density at radius 2 is 0.482 bits per heavy atom. The van der Waals surface area contributed by atoms with Crippen molar-refractivity contribution in [3.8, 4) is 22.3 Å². The van der Waals surface area contributed by atoms with Gasteiger partial charge in [-0.3, -0.25) is 0 Å². The zero-order chi connectivity index (χ0) is 55.2. The summed E-state index contributed by atoms with van der Waals surface area (Å²) in [6.07, 6.45) is 0. The van der Waals surface area contributed by atoms with E-state index in [0.717, 1.165) is 51.2 Å². The van der Waals surface area contributed by atoms with E-state index in [0.29, 0.717) is 0 Å². The molecule has 0 amide bonds. The van der Waals surface area contributed by atoms with Crippen molar-refractivity contribution in [1.29, 1.82) is 0 Å². The second kappa shape index (κ2) is 20.7. The summed E-state index contributed by atoms with van der Waals surface area (Å²) in [5.41, 5.74) is 23.1. The molecule has 0 saturated heterocycles. The highest BCUT2D eigenvalue weighted by Crippen LogP contribution is 2.61. The Morgan fingerprint density at radius 1 is 0.181 bits per heavy atom. The zero-order valence-corrected chi connectivity index (χ0v) is 45.8. The second-order valence-corrected chi connectivity index (χ2v) is 21.5. The van der Waals surface area contributed by atoms with Crippen molar-refractivity contribution in [3.63, 3.8) is 0 Å². The number of hydrogen-bond donors (Lipinski definition) is 0. The molecule has 0 radical (unpaired) electrons. The number of nitrogens with zero attached hydrogens (tertiary/aromatic N) is 3. The van der Waals surface area contributed by atoms with Crippen LogP contribution in [0.5, 0.6) is 0 Å². The van der Waals surface area contributed by atoms with E-state index in [1.165, 1.54) is 66.8 Å². The van der Waals surface area contributed by atoms with Crippen molar-refractivity contribution in [2.45, 2.75) is 10.8 Å². The number of benzene rings is 13. The molecule has 13 aromatic carbocycles. The monoisotopic (exact) mass is 1060 g/mol. The molecule has 0 saturated carbocycles. The molecular weight excluding hydrogens is 1000 g/mol. The van der Waals surface area contributed by atoms with Gasteiger partial charge in [0.2, 0.25) is 0 Å². The summed E-state index contributed by atoms with van der Waals surface area (Å²) in [6.45, 7) is 0. The minimum atomic E-state index is -0.680. The van der Waals surface area contributed by atoms with Gasteiger partial charge in [0, 0.05) is 51.1 Å². The highest BCUT2D eigenvalue weighted by Gasteiger charge is 2.49. The van der Waals surface area contributed by atoms with Crippen LogP contribution in [0.3, 0.4) is 0 Å². The molecule has 2 aliphatic carbocycles. The van der Waals surface area contributed by atoms with Gasteiger partial charge in [-0.1, -0.05) is 255 Å². The third-order valence-corrected chi connectivity index (χ3v) is 17.1. The van der Waals surface area contributed by atoms with Gasteiger partial charge in [0.05, 0.1) is 16.5 Å². The van der Waals surface area contributed by atoms with Crippen LogP contribution < -0.4 is 14.7 Å². The Morgan fingerprint density at radius 3 is 0.940 bits per heavy atom. The molecule has 0 N–H and O–H groups in total. The van der Waals surface area contributed by atoms with Crippen LogP contribution >= 0.6 is 0 Å². The van der Waals surface area contributed by atoms with E-state index in [1.54, 1.807) is 0 Å². The Labute approximate surface area is 486 Å². The highest BCUT2D eigenvalue weighted by atomic mass is 15.2. The fourth-order valence-electron chi connectivity index (χ4n) is 13.8. The van der Waals surface area contributed by atoms with Gasteiger partial charge in [-0.2, -0.15) is 0 Å². The minimum absolute atomic E-state index is 0.570. The standard InChI is InChI=1S/C80H57N3/c1-8-29-58(30-9-1)79(59-31-10-2-11-32-59)74-50-24-22-47-70(74)72-54-53-69(57-76(72)79)82(64-41-20-7-21-42-64)66-44-27-46-68(56-66)83(67-45-26-43-65(55-67)81(62-37-16-5-17-38-62)63-39-18-6-19-40-63)77-52-28-49-73-71-48-23-25-51-75(71)80(78(73)77,60-33-12-3-13-34-60)61-35-14-4-15-36-61/h1-57H. The fraction of sp³-hybridized carbons (Fsp3) is 0.0250. The molecule has 83 heavy (non-hydrogen) atoms. The first-order valence-electron chi connectivity index (χ1n) is 28.7. The van der Waals surface area contributed by atoms with Crippen LogP contribution in [0.25, 0.3) is 22.3 Å². The predicted molar refractivity (Wildman–Crippen MR) is 345 cm³/mol. The summed E-state index contributed by atoms with van der Waals surface area (Å²) < 4.78 is 0. The molecule has 3 nitrogen and oxygen atoms in total. The smallest absolute Gasteiger partial charge is 0.0734 e. The first kappa shape index (κ1) is 49.3. The fourth-order valence-corrected chi connectivity index (χ4v) is 13.8. The number of hydrogen-bond acceptors (Lipinski definition) is 3. The molecule has 3 heteroatoms. The SMILES string of the molecule is c1ccc(N(c2ccccc2)c2cccc(N(c3cccc(N(c4ccccc4)c4ccc5c(c4)C(c4ccccc4)(c4ccccc4)c4ccccc4-5)c3)c3cccc4c3C(c3ccccc3)(c3ccccc3)c3ccccc3-4)c2)cc1. The molecule has 0 aromatic heterocycles. The minimum Gasteiger partial charge on any atom is -0.310 e. The van der Waals surface area contributed by atoms with E-state index in [2.05, 4.69) is 360 Å². The average molecular weight is 1060 g/mol. The Hall–Kier alpha value is -10.7. The summed E-state index contributed by atoms with van der Waals surface area (Å²) in [7, 11) is 0. The second-order valence-electron chi connectivity index (χ2n) is 21.5. The van der Waals surface area contributed by atoms with Gasteiger partial charge in [-0.25, -0.2) is 0 Å². The number of para-hydroxylation sites is 3. The predicted octanol–water partition coefficient (Wildman–Crippen LogP) is 20.8. The van der Waals surface area contributed by atoms with Crippen molar-refractivity contribution in [2.75, 3.05) is 14.7 Å². The molecule has 0 unspecified atom stereocenters. The summed E-state index contributed by atoms with van der Waals surface area (Å²) in [5.74, 6) is 0. The van der Waals surface area contributed by atoms with Gasteiger partial charge >= 0.3 is 0 Å². The summed E-state index contributed by atoms with van der Waals surface area (Å²) >= 11 is 0. The Bertz CT molecular complexity index is 4320. The van der Waals surface area contributed by atoms with Crippen molar-refractivity contribution < 1.29 is 0 Å². The third kappa shape index (κ3) is 8.03. The molecule has 0 atom stereocenters. The van der Waals surface area contributed by atoms with Gasteiger partial charge in [0.15, 0.2) is 0 Å². The lowest BCUT2D eigenvalue weighted by molar-refractivity contribution is 0.768. The van der Waals surface area contributed by atoms with Crippen LogP contribution in [0.15, 0.2) is 346 Å². The van der Waals surface area contributed by atoms with E-state index in [4.69, 9.17) is 0 Å². The molecule has 0 heterocycles. The average Bonchev–Trinajstić information content (AvgIpc) is 1.98. The van der Waals surface area contributed by atoms with Gasteiger partial charge < -0.3 is 14.7 Å². The Kier molecular flexibility index (Phi) is 12.3. The first-order valence-corrected chi connectivity index (χ1v) is 28.7. The van der Waals surface area contributed by atoms with Gasteiger partial charge in [-0.05, 0) is 152 Å². The molecule has 0 fully saturated rings. The Balaban J connectivity index is 0.986. The zero-order valence-electron chi connectivity index (χ0n) is 45.8. The maximum absolute atomic E-state index is 2.52. The van der Waals surface area contributed by atoms with E-state index < -0.39 is 10.8 Å². The van der Waals surface area contributed by atoms with Crippen LogP contribution in [0.2, 0.25) is 0 Å². The number of anilines is 9. The first-order chi connectivity index (χ1) is 41.2. The summed E-state index contributed by atoms with van der Waals surface area (Å²) in [6, 6.07) is 127. The third-order valence-electron chi connectivity index (χ3n) is 17.1.